The average molecular weight is 1430 g/mol. The highest BCUT2D eigenvalue weighted by Crippen LogP contribution is 2.45. The minimum atomic E-state index is -2.97. The number of benzene rings is 2. The number of oxime groups is 2. The minimum absolute atomic E-state index is 0.0250. The van der Waals surface area contributed by atoms with E-state index in [9.17, 15) is 118 Å². The molecule has 1 saturated carbocycles. The number of imide groups is 2. The van der Waals surface area contributed by atoms with Gasteiger partial charge in [0.1, 0.15) is 48.8 Å². The number of rotatable bonds is 20. The van der Waals surface area contributed by atoms with E-state index in [-0.39, 0.29) is 61.2 Å². The summed E-state index contributed by atoms with van der Waals surface area (Å²) in [6.45, 7) is -0.0745. The number of ether oxygens (including phenoxy) is 2. The number of aliphatic hydroxyl groups is 2. The number of carboxylic acids is 4. The van der Waals surface area contributed by atoms with Crippen LogP contribution in [0.4, 0.5) is 10.3 Å². The van der Waals surface area contributed by atoms with Crippen molar-refractivity contribution in [2.24, 2.45) is 15.7 Å². The highest BCUT2D eigenvalue weighted by Gasteiger charge is 2.67. The number of phenolic OH excluding ortho intramolecular Hbond substituents is 4. The van der Waals surface area contributed by atoms with E-state index in [1.807, 2.05) is 13.8 Å². The van der Waals surface area contributed by atoms with Gasteiger partial charge in [-0.1, -0.05) is 24.2 Å². The van der Waals surface area contributed by atoms with Crippen molar-refractivity contribution >= 4 is 127 Å². The van der Waals surface area contributed by atoms with Crippen LogP contribution in [0.25, 0.3) is 0 Å². The molecular weight excluding hydrogens is 1370 g/mol. The van der Waals surface area contributed by atoms with Crippen molar-refractivity contribution in [1.82, 2.24) is 40.5 Å². The van der Waals surface area contributed by atoms with E-state index in [1.165, 1.54) is 10.8 Å². The lowest BCUT2D eigenvalue weighted by atomic mass is 9.71. The third-order valence-corrected chi connectivity index (χ3v) is 18.0. The number of esters is 2. The van der Waals surface area contributed by atoms with Gasteiger partial charge in [0.05, 0.1) is 48.3 Å². The van der Waals surface area contributed by atoms with E-state index >= 15 is 0 Å². The molecule has 0 radical (unpaired) electrons. The number of hydrogen-bond acceptors (Lipinski definition) is 34. The van der Waals surface area contributed by atoms with Crippen molar-refractivity contribution in [1.29, 1.82) is 0 Å². The predicted molar refractivity (Wildman–Crippen MR) is 315 cm³/mol. The van der Waals surface area contributed by atoms with E-state index < -0.39 is 215 Å². The van der Waals surface area contributed by atoms with E-state index in [0.717, 1.165) is 46.9 Å². The lowest BCUT2D eigenvalue weighted by Gasteiger charge is -2.38. The Morgan fingerprint density at radius 2 is 0.960 bits per heavy atom. The number of carboxylic acid groups (broad SMARTS) is 4. The molecule has 0 spiro atoms. The number of nitrogens with one attached hydrogen (secondary N) is 2. The number of carbonyl (C=O) groups is 14. The van der Waals surface area contributed by atoms with Crippen molar-refractivity contribution in [3.63, 3.8) is 0 Å². The largest absolute Gasteiger partial charge is 0.504 e. The lowest BCUT2D eigenvalue weighted by molar-refractivity contribution is -0.256. The van der Waals surface area contributed by atoms with E-state index in [0.29, 0.717) is 22.6 Å². The normalized spacial score (nSPS) is 24.1. The number of carbonyl (C=O) groups excluding carboxylic acids is 10. The highest BCUT2D eigenvalue weighted by molar-refractivity contribution is 7.14. The molecule has 16 N–H and O–H groups in total. The van der Waals surface area contributed by atoms with Gasteiger partial charge in [-0.05, 0) is 42.5 Å². The molecule has 3 unspecified atom stereocenters. The number of aliphatic hydroxyl groups excluding tert-OH is 2. The molecule has 4 aromatic rings. The molecule has 2 aromatic heterocycles. The predicted octanol–water partition coefficient (Wildman–Crippen LogP) is -3.75. The van der Waals surface area contributed by atoms with Gasteiger partial charge in [0, 0.05) is 23.6 Å². The van der Waals surface area contributed by atoms with Gasteiger partial charge in [-0.15, -0.1) is 22.7 Å². The SMILES string of the molecule is CC1(C)CCC(O/N=C(\C(=O)N[C@H]2CON(C3(C(=O)O)C[C@H](N4C(=O)c5cc(O)c(O)cc5C4=O)C(=O)O3)C2=O)c2csc(N)n2)(C(=O)O)CC1.Nc1nc(/C(=N/OC(CO)(CO)C(=O)O)C(=O)N[C@H]2CON(C3(C(=O)O)CC(N4C(=O)c5cc(O)c(O)cc5C4=O)C(=O)O3)C2=O)cs1. The van der Waals surface area contributed by atoms with Crippen LogP contribution in [0.3, 0.4) is 0 Å². The molecule has 8 heterocycles. The molecule has 8 amide bonds. The van der Waals surface area contributed by atoms with Gasteiger partial charge in [0.15, 0.2) is 44.7 Å². The first kappa shape index (κ1) is 70.1. The van der Waals surface area contributed by atoms with Crippen LogP contribution in [-0.4, -0.2) is 249 Å². The Balaban J connectivity index is 0.000000215. The highest BCUT2D eigenvalue weighted by atomic mass is 32.1. The Kier molecular flexibility index (Phi) is 18.2. The van der Waals surface area contributed by atoms with Crippen molar-refractivity contribution in [3.05, 3.63) is 68.7 Å². The molecule has 2 aromatic carbocycles. The summed E-state index contributed by atoms with van der Waals surface area (Å²) in [7, 11) is 0. The molecule has 44 heteroatoms. The fraction of sp³-hybridized carbons (Fsp3) is 0.382. The molecular formula is C55H52N12O30S2. The molecule has 0 bridgehead atoms. The second-order valence-corrected chi connectivity index (χ2v) is 25.2. The number of cyclic esters (lactones) is 2. The summed E-state index contributed by atoms with van der Waals surface area (Å²) in [6, 6.07) is -4.02. The van der Waals surface area contributed by atoms with Gasteiger partial charge < -0.3 is 92.3 Å². The maximum Gasteiger partial charge on any atom is 0.372 e. The average Bonchev–Trinajstić information content (AvgIpc) is 1.58. The number of phenols is 4. The number of aromatic hydroxyl groups is 4. The molecule has 5 fully saturated rings. The Labute approximate surface area is 557 Å². The lowest BCUT2D eigenvalue weighted by Crippen LogP contribution is -2.57. The van der Waals surface area contributed by atoms with Crippen LogP contribution in [0.1, 0.15) is 105 Å². The standard InChI is InChI=1S/C30H30N6O14S.C25H22N6O16S/c1-28(2)3-5-29(6-4-28,25(44)45)50-34-19(15-11-51-27(31)33-15)20(39)32-14-10-48-36(23(14)42)30(26(46)47)9-16(24(43)49-30)35-21(40)12-7-17(37)18(38)8-13(12)22(35)41;26-23-28-11(5-48-23)15(29-47-24(6-32,7-33)21(41)42)16(36)27-10-4-45-31(19(10)39)25(22(43)44)3-12(20(40)46-25)30-17(37)8-1-13(34)14(35)2-9(8)18(30)38/h7-8,11,14,16,37-38H,3-6,9-10H2,1-2H3,(H2,31,33)(H,32,39)(H,44,45)(H,46,47);1-2,5,10,12,32-35H,3-4,6-7H2,(H2,26,28)(H,27,36)(H,41,42)(H,43,44)/b34-19-;29-15-/t14-,16-,30?;10-,12?,25?/m00/s1. The van der Waals surface area contributed by atoms with Gasteiger partial charge in [0.25, 0.3) is 52.9 Å². The number of nitrogens with two attached hydrogens (primary N) is 2. The quantitative estimate of drug-likeness (QED) is 0.0133. The number of hydrogen-bond donors (Lipinski definition) is 14. The zero-order valence-electron chi connectivity index (χ0n) is 50.5. The fourth-order valence-electron chi connectivity index (χ4n) is 11.0. The Morgan fingerprint density at radius 3 is 1.27 bits per heavy atom. The zero-order valence-corrected chi connectivity index (χ0v) is 52.2. The van der Waals surface area contributed by atoms with Crippen LogP contribution in [-0.2, 0) is 76.8 Å². The number of nitrogens with zero attached hydrogens (tertiary/aromatic N) is 8. The van der Waals surface area contributed by atoms with Gasteiger partial charge in [-0.25, -0.2) is 38.7 Å². The van der Waals surface area contributed by atoms with Gasteiger partial charge in [0.2, 0.25) is 5.60 Å². The van der Waals surface area contributed by atoms with Crippen LogP contribution >= 0.6 is 22.7 Å². The summed E-state index contributed by atoms with van der Waals surface area (Å²) in [5.74, 6) is -22.3. The number of aliphatic carboxylic acids is 4. The maximum absolute atomic E-state index is 13.6. The van der Waals surface area contributed by atoms with Crippen LogP contribution in [0.15, 0.2) is 45.3 Å². The molecule has 524 valence electrons. The van der Waals surface area contributed by atoms with Gasteiger partial charge >= 0.3 is 47.3 Å². The third kappa shape index (κ3) is 12.2. The zero-order chi connectivity index (χ0) is 72.5. The molecule has 6 aliphatic heterocycles. The van der Waals surface area contributed by atoms with Crippen molar-refractivity contribution < 1.29 is 147 Å². The first-order valence-electron chi connectivity index (χ1n) is 28.5. The van der Waals surface area contributed by atoms with Gasteiger partial charge in [-0.2, -0.15) is 10.1 Å². The monoisotopic (exact) mass is 1420 g/mol. The summed E-state index contributed by atoms with van der Waals surface area (Å²) in [5, 5.41) is 112. The van der Waals surface area contributed by atoms with Crippen molar-refractivity contribution in [2.45, 2.75) is 99.2 Å². The van der Waals surface area contributed by atoms with Crippen LogP contribution in [0, 0.1) is 5.41 Å². The first-order valence-corrected chi connectivity index (χ1v) is 30.3. The van der Waals surface area contributed by atoms with E-state index in [4.69, 9.17) is 40.3 Å². The van der Waals surface area contributed by atoms with Crippen LogP contribution < -0.4 is 22.1 Å². The Morgan fingerprint density at radius 1 is 0.596 bits per heavy atom. The van der Waals surface area contributed by atoms with E-state index in [1.54, 1.807) is 0 Å². The summed E-state index contributed by atoms with van der Waals surface area (Å²) in [4.78, 5) is 210. The van der Waals surface area contributed by atoms with Crippen molar-refractivity contribution in [3.8, 4) is 23.0 Å². The molecule has 99 heavy (non-hydrogen) atoms. The summed E-state index contributed by atoms with van der Waals surface area (Å²) in [6.07, 6.45) is -0.903. The maximum atomic E-state index is 13.6. The summed E-state index contributed by atoms with van der Waals surface area (Å²) >= 11 is 1.75. The van der Waals surface area contributed by atoms with Crippen LogP contribution in [0.2, 0.25) is 0 Å². The fourth-order valence-corrected chi connectivity index (χ4v) is 12.0. The second-order valence-electron chi connectivity index (χ2n) is 23.4. The molecule has 11 rings (SSSR count). The number of thiazole rings is 2. The number of amides is 8. The van der Waals surface area contributed by atoms with Gasteiger partial charge in [-0.3, -0.25) is 57.8 Å². The third-order valence-electron chi connectivity index (χ3n) is 16.6. The van der Waals surface area contributed by atoms with E-state index in [2.05, 4.69) is 30.9 Å². The molecule has 1 aliphatic carbocycles. The number of aromatic nitrogens is 2. The Bertz CT molecular complexity index is 4190. The molecule has 42 nitrogen and oxygen atoms in total. The Hall–Kier alpha value is -11.7. The summed E-state index contributed by atoms with van der Waals surface area (Å²) < 4.78 is 10.2. The van der Waals surface area contributed by atoms with Crippen molar-refractivity contribution in [2.75, 3.05) is 37.9 Å². The number of anilines is 2. The minimum Gasteiger partial charge on any atom is -0.504 e. The molecule has 4 saturated heterocycles. The first-order chi connectivity index (χ1) is 46.5. The number of nitrogen functional groups attached to an aromatic ring is 2. The topological polar surface area (TPSA) is 636 Å². The second kappa shape index (κ2) is 25.7. The molecule has 7 aliphatic rings. The smallest absolute Gasteiger partial charge is 0.372 e. The number of hydroxylamine groups is 4. The molecule has 6 atom stereocenters. The number of fused-ring (bicyclic) bond motifs is 2. The summed E-state index contributed by atoms with van der Waals surface area (Å²) in [5.41, 5.74) is -2.50. The van der Waals surface area contributed by atoms with Crippen LogP contribution in [0.5, 0.6) is 23.0 Å².